The van der Waals surface area contributed by atoms with Crippen molar-refractivity contribution in [1.82, 2.24) is 5.43 Å². The molecule has 1 aromatic heterocycles. The smallest absolute Gasteiger partial charge is 0.244 e. The van der Waals surface area contributed by atoms with Gasteiger partial charge >= 0.3 is 0 Å². The van der Waals surface area contributed by atoms with Crippen LogP contribution in [0.1, 0.15) is 38.4 Å². The summed E-state index contributed by atoms with van der Waals surface area (Å²) < 4.78 is 5.54. The molecule has 21 heavy (non-hydrogen) atoms. The summed E-state index contributed by atoms with van der Waals surface area (Å²) in [5.41, 5.74) is 2.89. The minimum atomic E-state index is 0.0556. The molecular formula is C16H23N3O2. The zero-order chi connectivity index (χ0) is 15.0. The summed E-state index contributed by atoms with van der Waals surface area (Å²) in [5, 5.41) is 4.03. The highest BCUT2D eigenvalue weighted by Gasteiger charge is 2.64. The molecule has 114 valence electrons. The van der Waals surface area contributed by atoms with Gasteiger partial charge in [-0.3, -0.25) is 4.79 Å². The summed E-state index contributed by atoms with van der Waals surface area (Å²) in [6.07, 6.45) is 6.42. The van der Waals surface area contributed by atoms with Gasteiger partial charge in [0.05, 0.1) is 6.21 Å². The molecule has 0 saturated heterocycles. The van der Waals surface area contributed by atoms with E-state index in [0.29, 0.717) is 11.7 Å². The number of hydrogen-bond acceptors (Lipinski definition) is 4. The standard InChI is InChI=1S/C16H23N3O2/c1-16-9-5-4-6-12(16)14(16)15(20)18-17-10-11-7-8-13(21-11)19(2)3/h7-8,10,12,14H,4-6,9H2,1-3H3,(H,18,20)/b17-10-/t12-,14-,16+/m0/s1. The maximum atomic E-state index is 12.2. The van der Waals surface area contributed by atoms with Crippen LogP contribution in [0.3, 0.4) is 0 Å². The molecular weight excluding hydrogens is 266 g/mol. The normalized spacial score (nSPS) is 31.0. The Hall–Kier alpha value is -1.78. The van der Waals surface area contributed by atoms with Crippen LogP contribution in [-0.2, 0) is 4.79 Å². The van der Waals surface area contributed by atoms with Crippen molar-refractivity contribution in [3.8, 4) is 0 Å². The van der Waals surface area contributed by atoms with Crippen LogP contribution in [0, 0.1) is 17.3 Å². The molecule has 3 atom stereocenters. The van der Waals surface area contributed by atoms with E-state index in [0.717, 1.165) is 5.88 Å². The quantitative estimate of drug-likeness (QED) is 0.684. The first kappa shape index (κ1) is 14.2. The largest absolute Gasteiger partial charge is 0.440 e. The number of nitrogens with one attached hydrogen (secondary N) is 1. The Morgan fingerprint density at radius 1 is 1.48 bits per heavy atom. The molecule has 1 aromatic rings. The molecule has 2 saturated carbocycles. The van der Waals surface area contributed by atoms with Gasteiger partial charge in [-0.05, 0) is 30.2 Å². The Morgan fingerprint density at radius 2 is 2.29 bits per heavy atom. The van der Waals surface area contributed by atoms with Crippen molar-refractivity contribution < 1.29 is 9.21 Å². The number of hydrogen-bond donors (Lipinski definition) is 1. The fourth-order valence-electron chi connectivity index (χ4n) is 3.73. The van der Waals surface area contributed by atoms with Crippen molar-refractivity contribution in [3.63, 3.8) is 0 Å². The molecule has 0 unspecified atom stereocenters. The Balaban J connectivity index is 1.55. The molecule has 0 radical (unpaired) electrons. The Bertz CT molecular complexity index is 564. The number of hydrazone groups is 1. The van der Waals surface area contributed by atoms with Crippen LogP contribution >= 0.6 is 0 Å². The monoisotopic (exact) mass is 289 g/mol. The van der Waals surface area contributed by atoms with Gasteiger partial charge in [0.2, 0.25) is 5.91 Å². The van der Waals surface area contributed by atoms with Crippen LogP contribution in [0.25, 0.3) is 0 Å². The molecule has 2 aliphatic carbocycles. The molecule has 5 heteroatoms. The highest BCUT2D eigenvalue weighted by Crippen LogP contribution is 2.66. The SMILES string of the molecule is CN(C)c1ccc(/C=N\NC(=O)[C@@H]2[C@@H]3CCCC[C@@]23C)o1. The molecule has 5 nitrogen and oxygen atoms in total. The van der Waals surface area contributed by atoms with E-state index in [1.165, 1.54) is 25.7 Å². The topological polar surface area (TPSA) is 57.8 Å². The summed E-state index contributed by atoms with van der Waals surface area (Å²) >= 11 is 0. The molecule has 3 rings (SSSR count). The fourth-order valence-corrected chi connectivity index (χ4v) is 3.73. The van der Waals surface area contributed by atoms with E-state index in [4.69, 9.17) is 4.42 Å². The van der Waals surface area contributed by atoms with E-state index in [1.54, 1.807) is 6.21 Å². The zero-order valence-electron chi connectivity index (χ0n) is 12.9. The van der Waals surface area contributed by atoms with Gasteiger partial charge in [0, 0.05) is 26.1 Å². The van der Waals surface area contributed by atoms with Crippen LogP contribution in [-0.4, -0.2) is 26.2 Å². The molecule has 2 aliphatic rings. The molecule has 1 N–H and O–H groups in total. The number of rotatable bonds is 4. The first-order valence-corrected chi connectivity index (χ1v) is 7.62. The summed E-state index contributed by atoms with van der Waals surface area (Å²) in [6.45, 7) is 2.24. The third kappa shape index (κ3) is 2.57. The van der Waals surface area contributed by atoms with Gasteiger partial charge in [-0.15, -0.1) is 0 Å². The van der Waals surface area contributed by atoms with Crippen molar-refractivity contribution in [1.29, 1.82) is 0 Å². The second-order valence-corrected chi connectivity index (χ2v) is 6.64. The number of carbonyl (C=O) groups is 1. The fraction of sp³-hybridized carbons (Fsp3) is 0.625. The van der Waals surface area contributed by atoms with E-state index in [1.807, 2.05) is 31.1 Å². The lowest BCUT2D eigenvalue weighted by Crippen LogP contribution is -2.22. The average Bonchev–Trinajstić information content (AvgIpc) is 2.80. The van der Waals surface area contributed by atoms with Crippen molar-refractivity contribution in [2.24, 2.45) is 22.4 Å². The van der Waals surface area contributed by atoms with Crippen LogP contribution in [0.4, 0.5) is 5.88 Å². The zero-order valence-corrected chi connectivity index (χ0v) is 12.9. The maximum Gasteiger partial charge on any atom is 0.244 e. The number of anilines is 1. The highest BCUT2D eigenvalue weighted by molar-refractivity contribution is 5.85. The lowest BCUT2D eigenvalue weighted by Gasteiger charge is -2.15. The molecule has 0 bridgehead atoms. The third-order valence-electron chi connectivity index (χ3n) is 5.03. The highest BCUT2D eigenvalue weighted by atomic mass is 16.4. The molecule has 1 amide bonds. The van der Waals surface area contributed by atoms with E-state index in [2.05, 4.69) is 17.5 Å². The van der Waals surface area contributed by atoms with Crippen molar-refractivity contribution in [2.45, 2.75) is 32.6 Å². The number of carbonyl (C=O) groups excluding carboxylic acids is 1. The van der Waals surface area contributed by atoms with Gasteiger partial charge in [-0.1, -0.05) is 19.8 Å². The summed E-state index contributed by atoms with van der Waals surface area (Å²) in [4.78, 5) is 14.1. The number of nitrogens with zero attached hydrogens (tertiary/aromatic N) is 2. The second kappa shape index (κ2) is 5.20. The van der Waals surface area contributed by atoms with Gasteiger partial charge < -0.3 is 9.32 Å². The minimum absolute atomic E-state index is 0.0556. The number of furan rings is 1. The average molecular weight is 289 g/mol. The predicted octanol–water partition coefficient (Wildman–Crippen LogP) is 2.62. The first-order chi connectivity index (χ1) is 10.0. The Labute approximate surface area is 125 Å². The minimum Gasteiger partial charge on any atom is -0.440 e. The predicted molar refractivity (Wildman–Crippen MR) is 82.3 cm³/mol. The molecule has 2 fully saturated rings. The van der Waals surface area contributed by atoms with E-state index in [-0.39, 0.29) is 17.2 Å². The maximum absolute atomic E-state index is 12.2. The van der Waals surface area contributed by atoms with Crippen LogP contribution < -0.4 is 10.3 Å². The lowest BCUT2D eigenvalue weighted by molar-refractivity contribution is -0.123. The Kier molecular flexibility index (Phi) is 3.51. The van der Waals surface area contributed by atoms with Crippen LogP contribution in [0.5, 0.6) is 0 Å². The van der Waals surface area contributed by atoms with Gasteiger partial charge in [0.15, 0.2) is 5.88 Å². The molecule has 0 aromatic carbocycles. The molecule has 0 aliphatic heterocycles. The second-order valence-electron chi connectivity index (χ2n) is 6.64. The summed E-state index contributed by atoms with van der Waals surface area (Å²) in [5.74, 6) is 2.17. The number of fused-ring (bicyclic) bond motifs is 1. The van der Waals surface area contributed by atoms with Gasteiger partial charge in [-0.25, -0.2) is 5.43 Å². The molecule has 1 heterocycles. The third-order valence-corrected chi connectivity index (χ3v) is 5.03. The van der Waals surface area contributed by atoms with Crippen molar-refractivity contribution in [3.05, 3.63) is 17.9 Å². The first-order valence-electron chi connectivity index (χ1n) is 7.62. The summed E-state index contributed by atoms with van der Waals surface area (Å²) in [7, 11) is 3.83. The van der Waals surface area contributed by atoms with Gasteiger partial charge in [0.1, 0.15) is 5.76 Å². The van der Waals surface area contributed by atoms with Crippen molar-refractivity contribution >= 4 is 18.0 Å². The summed E-state index contributed by atoms with van der Waals surface area (Å²) in [6, 6.07) is 3.71. The van der Waals surface area contributed by atoms with E-state index in [9.17, 15) is 4.79 Å². The van der Waals surface area contributed by atoms with E-state index >= 15 is 0 Å². The van der Waals surface area contributed by atoms with Crippen LogP contribution in [0.2, 0.25) is 0 Å². The lowest BCUT2D eigenvalue weighted by atomic mass is 9.90. The van der Waals surface area contributed by atoms with Gasteiger partial charge in [0.25, 0.3) is 0 Å². The van der Waals surface area contributed by atoms with Crippen molar-refractivity contribution in [2.75, 3.05) is 19.0 Å². The van der Waals surface area contributed by atoms with Crippen LogP contribution in [0.15, 0.2) is 21.7 Å². The number of amides is 1. The van der Waals surface area contributed by atoms with Gasteiger partial charge in [-0.2, -0.15) is 5.10 Å². The molecule has 0 spiro atoms. The Morgan fingerprint density at radius 3 is 2.90 bits per heavy atom. The van der Waals surface area contributed by atoms with E-state index < -0.39 is 0 Å².